The highest BCUT2D eigenvalue weighted by atomic mass is 16.5. The Morgan fingerprint density at radius 1 is 1.20 bits per heavy atom. The topological polar surface area (TPSA) is 62.7 Å². The second-order valence-corrected chi connectivity index (χ2v) is 6.98. The third-order valence-electron chi connectivity index (χ3n) is 5.45. The Bertz CT molecular complexity index is 607. The molecule has 1 aromatic heterocycles. The average molecular weight is 345 g/mol. The number of pyridine rings is 1. The standard InChI is InChI=1S/C19H27N3O3/c1-2-25-15-17(23)21-11-3-6-19(7-12-21)8-13-22(18(19)24)14-16-4-9-20-10-5-16/h4-5,9-10H,2-3,6-8,11-15H2,1H3. The van der Waals surface area contributed by atoms with E-state index in [1.165, 1.54) is 0 Å². The smallest absolute Gasteiger partial charge is 0.248 e. The van der Waals surface area contributed by atoms with Crippen molar-refractivity contribution in [3.8, 4) is 0 Å². The van der Waals surface area contributed by atoms with Gasteiger partial charge in [0, 0.05) is 45.2 Å². The van der Waals surface area contributed by atoms with Crippen LogP contribution < -0.4 is 0 Å². The van der Waals surface area contributed by atoms with Crippen LogP contribution in [-0.4, -0.2) is 59.4 Å². The van der Waals surface area contributed by atoms with E-state index in [-0.39, 0.29) is 23.8 Å². The van der Waals surface area contributed by atoms with Crippen molar-refractivity contribution in [2.75, 3.05) is 32.8 Å². The molecule has 0 radical (unpaired) electrons. The lowest BCUT2D eigenvalue weighted by molar-refractivity contribution is -0.139. The summed E-state index contributed by atoms with van der Waals surface area (Å²) >= 11 is 0. The molecular weight excluding hydrogens is 318 g/mol. The molecule has 3 heterocycles. The SMILES string of the molecule is CCOCC(=O)N1CCCC2(CC1)CCN(Cc1ccncc1)C2=O. The molecule has 0 bridgehead atoms. The van der Waals surface area contributed by atoms with Gasteiger partial charge in [-0.15, -0.1) is 0 Å². The van der Waals surface area contributed by atoms with Crippen LogP contribution in [0.4, 0.5) is 0 Å². The van der Waals surface area contributed by atoms with Gasteiger partial charge in [0.2, 0.25) is 11.8 Å². The number of nitrogens with zero attached hydrogens (tertiary/aromatic N) is 3. The highest BCUT2D eigenvalue weighted by molar-refractivity contribution is 5.85. The first-order valence-electron chi connectivity index (χ1n) is 9.18. The van der Waals surface area contributed by atoms with Crippen LogP contribution in [0.5, 0.6) is 0 Å². The van der Waals surface area contributed by atoms with E-state index in [0.29, 0.717) is 19.7 Å². The van der Waals surface area contributed by atoms with Gasteiger partial charge in [-0.1, -0.05) is 0 Å². The largest absolute Gasteiger partial charge is 0.372 e. The predicted octanol–water partition coefficient (Wildman–Crippen LogP) is 1.85. The summed E-state index contributed by atoms with van der Waals surface area (Å²) in [5.41, 5.74) is 0.829. The van der Waals surface area contributed by atoms with Crippen LogP contribution >= 0.6 is 0 Å². The highest BCUT2D eigenvalue weighted by Gasteiger charge is 2.47. The van der Waals surface area contributed by atoms with E-state index in [2.05, 4.69) is 4.98 Å². The summed E-state index contributed by atoms with van der Waals surface area (Å²) in [6, 6.07) is 3.92. The molecule has 1 aromatic rings. The lowest BCUT2D eigenvalue weighted by atomic mass is 9.79. The Labute approximate surface area is 149 Å². The van der Waals surface area contributed by atoms with Crippen LogP contribution in [0.25, 0.3) is 0 Å². The van der Waals surface area contributed by atoms with Gasteiger partial charge < -0.3 is 14.5 Å². The average Bonchev–Trinajstić information content (AvgIpc) is 2.82. The summed E-state index contributed by atoms with van der Waals surface area (Å²) in [7, 11) is 0. The maximum Gasteiger partial charge on any atom is 0.248 e. The van der Waals surface area contributed by atoms with Crippen LogP contribution in [0.3, 0.4) is 0 Å². The molecule has 136 valence electrons. The zero-order valence-corrected chi connectivity index (χ0v) is 14.9. The van der Waals surface area contributed by atoms with Crippen molar-refractivity contribution < 1.29 is 14.3 Å². The summed E-state index contributed by atoms with van der Waals surface area (Å²) in [4.78, 5) is 33.1. The van der Waals surface area contributed by atoms with Gasteiger partial charge in [0.15, 0.2) is 0 Å². The number of hydrogen-bond acceptors (Lipinski definition) is 4. The van der Waals surface area contributed by atoms with E-state index in [0.717, 1.165) is 44.3 Å². The molecule has 2 aliphatic rings. The lowest BCUT2D eigenvalue weighted by Crippen LogP contribution is -2.37. The van der Waals surface area contributed by atoms with Gasteiger partial charge >= 0.3 is 0 Å². The Hall–Kier alpha value is -1.95. The lowest BCUT2D eigenvalue weighted by Gasteiger charge is -2.27. The summed E-state index contributed by atoms with van der Waals surface area (Å²) in [6.07, 6.45) is 6.93. The zero-order valence-electron chi connectivity index (χ0n) is 14.9. The second-order valence-electron chi connectivity index (χ2n) is 6.98. The van der Waals surface area contributed by atoms with Crippen molar-refractivity contribution in [2.45, 2.75) is 39.2 Å². The Balaban J connectivity index is 1.61. The zero-order chi connectivity index (χ0) is 17.7. The van der Waals surface area contributed by atoms with Gasteiger partial charge in [0.05, 0.1) is 5.41 Å². The van der Waals surface area contributed by atoms with Gasteiger partial charge in [-0.05, 0) is 50.3 Å². The van der Waals surface area contributed by atoms with Crippen LogP contribution in [0.1, 0.15) is 38.2 Å². The summed E-state index contributed by atoms with van der Waals surface area (Å²) in [5, 5.41) is 0. The molecule has 2 fully saturated rings. The fourth-order valence-corrected chi connectivity index (χ4v) is 3.94. The Morgan fingerprint density at radius 2 is 1.96 bits per heavy atom. The van der Waals surface area contributed by atoms with E-state index < -0.39 is 0 Å². The molecular formula is C19H27N3O3. The predicted molar refractivity (Wildman–Crippen MR) is 93.6 cm³/mol. The third kappa shape index (κ3) is 4.00. The molecule has 1 spiro atoms. The minimum Gasteiger partial charge on any atom is -0.372 e. The van der Waals surface area contributed by atoms with E-state index in [1.54, 1.807) is 12.4 Å². The van der Waals surface area contributed by atoms with Crippen molar-refractivity contribution in [1.82, 2.24) is 14.8 Å². The molecule has 0 aliphatic carbocycles. The van der Waals surface area contributed by atoms with Gasteiger partial charge in [0.1, 0.15) is 6.61 Å². The van der Waals surface area contributed by atoms with E-state index >= 15 is 0 Å². The third-order valence-corrected chi connectivity index (χ3v) is 5.45. The van der Waals surface area contributed by atoms with Crippen molar-refractivity contribution in [3.05, 3.63) is 30.1 Å². The van der Waals surface area contributed by atoms with Gasteiger partial charge in [-0.3, -0.25) is 14.6 Å². The first kappa shape index (κ1) is 17.9. The van der Waals surface area contributed by atoms with Crippen molar-refractivity contribution in [3.63, 3.8) is 0 Å². The number of carbonyl (C=O) groups excluding carboxylic acids is 2. The van der Waals surface area contributed by atoms with E-state index in [4.69, 9.17) is 4.74 Å². The molecule has 6 heteroatoms. The molecule has 2 saturated heterocycles. The first-order chi connectivity index (χ1) is 12.1. The molecule has 2 aliphatic heterocycles. The molecule has 3 rings (SSSR count). The Kier molecular flexibility index (Phi) is 5.68. The fraction of sp³-hybridized carbons (Fsp3) is 0.632. The van der Waals surface area contributed by atoms with E-state index in [1.807, 2.05) is 28.9 Å². The number of likely N-dealkylation sites (tertiary alicyclic amines) is 2. The molecule has 2 amide bonds. The maximum atomic E-state index is 13.1. The maximum absolute atomic E-state index is 13.1. The van der Waals surface area contributed by atoms with Gasteiger partial charge in [-0.25, -0.2) is 0 Å². The molecule has 0 aromatic carbocycles. The number of rotatable bonds is 5. The number of aromatic nitrogens is 1. The summed E-state index contributed by atoms with van der Waals surface area (Å²) < 4.78 is 5.24. The van der Waals surface area contributed by atoms with Crippen LogP contribution in [-0.2, 0) is 20.9 Å². The van der Waals surface area contributed by atoms with Crippen LogP contribution in [0.15, 0.2) is 24.5 Å². The minimum absolute atomic E-state index is 0.0398. The normalized spacial score (nSPS) is 24.0. The molecule has 25 heavy (non-hydrogen) atoms. The van der Waals surface area contributed by atoms with E-state index in [9.17, 15) is 9.59 Å². The van der Waals surface area contributed by atoms with Gasteiger partial charge in [0.25, 0.3) is 0 Å². The monoisotopic (exact) mass is 345 g/mol. The highest BCUT2D eigenvalue weighted by Crippen LogP contribution is 2.42. The van der Waals surface area contributed by atoms with Crippen LogP contribution in [0.2, 0.25) is 0 Å². The molecule has 6 nitrogen and oxygen atoms in total. The quantitative estimate of drug-likeness (QED) is 0.817. The molecule has 0 saturated carbocycles. The fourth-order valence-electron chi connectivity index (χ4n) is 3.94. The minimum atomic E-state index is -0.284. The van der Waals surface area contributed by atoms with Crippen molar-refractivity contribution in [1.29, 1.82) is 0 Å². The number of amides is 2. The second kappa shape index (κ2) is 7.95. The summed E-state index contributed by atoms with van der Waals surface area (Å²) in [5.74, 6) is 0.293. The number of hydrogen-bond donors (Lipinski definition) is 0. The van der Waals surface area contributed by atoms with Crippen LogP contribution in [0, 0.1) is 5.41 Å². The van der Waals surface area contributed by atoms with Crippen molar-refractivity contribution >= 4 is 11.8 Å². The number of carbonyl (C=O) groups is 2. The molecule has 1 atom stereocenters. The first-order valence-corrected chi connectivity index (χ1v) is 9.18. The van der Waals surface area contributed by atoms with Crippen molar-refractivity contribution in [2.24, 2.45) is 5.41 Å². The summed E-state index contributed by atoms with van der Waals surface area (Å²) in [6.45, 7) is 5.41. The Morgan fingerprint density at radius 3 is 2.72 bits per heavy atom. The van der Waals surface area contributed by atoms with Gasteiger partial charge in [-0.2, -0.15) is 0 Å². The molecule has 1 unspecified atom stereocenters. The number of ether oxygens (including phenoxy) is 1. The molecule has 0 N–H and O–H groups in total.